The van der Waals surface area contributed by atoms with Crippen molar-refractivity contribution < 1.29 is 9.53 Å². The molecule has 1 N–H and O–H groups in total. The topological polar surface area (TPSA) is 56.1 Å². The van der Waals surface area contributed by atoms with Crippen LogP contribution in [0, 0.1) is 19.8 Å². The second-order valence-electron chi connectivity index (χ2n) is 8.29. The Labute approximate surface area is 178 Å². The predicted octanol–water partition coefficient (Wildman–Crippen LogP) is 4.58. The highest BCUT2D eigenvalue weighted by Crippen LogP contribution is 2.28. The number of nitrogens with zero attached hydrogens (tertiary/aromatic N) is 2. The average molecular weight is 406 g/mol. The van der Waals surface area contributed by atoms with Crippen LogP contribution in [0.15, 0.2) is 42.5 Å². The Morgan fingerprint density at radius 2 is 1.97 bits per heavy atom. The molecule has 5 heteroatoms. The summed E-state index contributed by atoms with van der Waals surface area (Å²) in [5, 5.41) is 3.06. The zero-order valence-corrected chi connectivity index (χ0v) is 18.0. The van der Waals surface area contributed by atoms with Gasteiger partial charge in [0, 0.05) is 25.4 Å². The molecule has 158 valence electrons. The molecule has 0 spiro atoms. The number of nitrogens with one attached hydrogen (secondary N) is 1. The van der Waals surface area contributed by atoms with E-state index in [1.165, 1.54) is 11.1 Å². The van der Waals surface area contributed by atoms with Gasteiger partial charge in [-0.25, -0.2) is 4.98 Å². The number of amides is 1. The normalized spacial score (nSPS) is 13.5. The fourth-order valence-corrected chi connectivity index (χ4v) is 3.72. The number of unbranched alkanes of at least 4 members (excludes halogenated alkanes) is 1. The molecule has 0 atom stereocenters. The van der Waals surface area contributed by atoms with Crippen molar-refractivity contribution in [3.05, 3.63) is 59.4 Å². The van der Waals surface area contributed by atoms with Gasteiger partial charge in [-0.05, 0) is 74.9 Å². The maximum Gasteiger partial charge on any atom is 0.223 e. The molecule has 1 amide bonds. The summed E-state index contributed by atoms with van der Waals surface area (Å²) in [5.74, 6) is 2.43. The van der Waals surface area contributed by atoms with Gasteiger partial charge in [0.15, 0.2) is 0 Å². The van der Waals surface area contributed by atoms with E-state index in [-0.39, 0.29) is 11.8 Å². The Balaban J connectivity index is 1.31. The molecular formula is C25H31N3O2. The summed E-state index contributed by atoms with van der Waals surface area (Å²) in [6.07, 6.45) is 4.83. The lowest BCUT2D eigenvalue weighted by molar-refractivity contribution is -0.122. The van der Waals surface area contributed by atoms with Crippen LogP contribution in [0.4, 0.5) is 0 Å². The second-order valence-corrected chi connectivity index (χ2v) is 8.29. The first-order chi connectivity index (χ1) is 14.6. The Morgan fingerprint density at radius 3 is 2.77 bits per heavy atom. The summed E-state index contributed by atoms with van der Waals surface area (Å²) < 4.78 is 8.23. The molecule has 0 bridgehead atoms. The molecule has 0 unspecified atom stereocenters. The molecule has 1 aromatic heterocycles. The number of ether oxygens (including phenoxy) is 1. The van der Waals surface area contributed by atoms with Crippen molar-refractivity contribution in [2.75, 3.05) is 13.2 Å². The summed E-state index contributed by atoms with van der Waals surface area (Å²) in [5.41, 5.74) is 4.73. The third-order valence-electron chi connectivity index (χ3n) is 5.85. The van der Waals surface area contributed by atoms with Crippen LogP contribution in [0.2, 0.25) is 0 Å². The van der Waals surface area contributed by atoms with Gasteiger partial charge in [0.05, 0.1) is 17.6 Å². The third kappa shape index (κ3) is 5.02. The van der Waals surface area contributed by atoms with Crippen molar-refractivity contribution in [1.82, 2.24) is 14.9 Å². The Bertz CT molecular complexity index is 1020. The number of hydrogen-bond donors (Lipinski definition) is 1. The molecule has 1 saturated carbocycles. The van der Waals surface area contributed by atoms with Gasteiger partial charge >= 0.3 is 0 Å². The maximum atomic E-state index is 11.9. The van der Waals surface area contributed by atoms with Crippen LogP contribution in [-0.2, 0) is 17.8 Å². The van der Waals surface area contributed by atoms with Gasteiger partial charge < -0.3 is 14.6 Å². The van der Waals surface area contributed by atoms with Gasteiger partial charge in [0.2, 0.25) is 5.91 Å². The highest BCUT2D eigenvalue weighted by atomic mass is 16.5. The van der Waals surface area contributed by atoms with E-state index in [0.29, 0.717) is 13.2 Å². The monoisotopic (exact) mass is 405 g/mol. The summed E-state index contributed by atoms with van der Waals surface area (Å²) in [7, 11) is 0. The van der Waals surface area contributed by atoms with E-state index in [9.17, 15) is 4.79 Å². The minimum Gasteiger partial charge on any atom is -0.494 e. The summed E-state index contributed by atoms with van der Waals surface area (Å²) >= 11 is 0. The molecule has 0 saturated heterocycles. The van der Waals surface area contributed by atoms with Crippen LogP contribution in [0.25, 0.3) is 11.0 Å². The molecule has 1 aliphatic carbocycles. The molecule has 2 aromatic carbocycles. The number of rotatable bonds is 10. The van der Waals surface area contributed by atoms with E-state index in [0.717, 1.165) is 61.3 Å². The molecule has 30 heavy (non-hydrogen) atoms. The fraction of sp³-hybridized carbons (Fsp3) is 0.440. The zero-order valence-electron chi connectivity index (χ0n) is 18.0. The van der Waals surface area contributed by atoms with Crippen LogP contribution in [0.1, 0.15) is 42.6 Å². The van der Waals surface area contributed by atoms with Crippen molar-refractivity contribution >= 4 is 16.9 Å². The summed E-state index contributed by atoms with van der Waals surface area (Å²) in [6, 6.07) is 14.5. The van der Waals surface area contributed by atoms with E-state index < -0.39 is 0 Å². The van der Waals surface area contributed by atoms with Crippen molar-refractivity contribution in [1.29, 1.82) is 0 Å². The van der Waals surface area contributed by atoms with Gasteiger partial charge in [0.25, 0.3) is 0 Å². The van der Waals surface area contributed by atoms with Crippen LogP contribution < -0.4 is 10.1 Å². The second kappa shape index (κ2) is 9.33. The SMILES string of the molecule is Cc1ccc(OCCCCn2c(CCNC(=O)C3CC3)nc3ccccc32)cc1C. The standard InChI is InChI=1S/C25H31N3O2/c1-18-9-12-21(17-19(18)2)30-16-6-5-15-28-23-8-4-3-7-22(23)27-24(28)13-14-26-25(29)20-10-11-20/h3-4,7-9,12,17,20H,5-6,10-11,13-16H2,1-2H3,(H,26,29). The smallest absolute Gasteiger partial charge is 0.223 e. The number of aryl methyl sites for hydroxylation is 3. The van der Waals surface area contributed by atoms with Crippen LogP contribution in [-0.4, -0.2) is 28.6 Å². The number of fused-ring (bicyclic) bond motifs is 1. The van der Waals surface area contributed by atoms with Crippen LogP contribution in [0.3, 0.4) is 0 Å². The minimum absolute atomic E-state index is 0.196. The molecule has 3 aromatic rings. The van der Waals surface area contributed by atoms with Gasteiger partial charge in [-0.1, -0.05) is 18.2 Å². The van der Waals surface area contributed by atoms with Crippen molar-refractivity contribution in [3.63, 3.8) is 0 Å². The summed E-state index contributed by atoms with van der Waals surface area (Å²) in [4.78, 5) is 16.7. The Kier molecular flexibility index (Phi) is 6.36. The van der Waals surface area contributed by atoms with Gasteiger partial charge in [0.1, 0.15) is 11.6 Å². The molecule has 1 heterocycles. The van der Waals surface area contributed by atoms with Gasteiger partial charge in [-0.3, -0.25) is 4.79 Å². The molecule has 4 rings (SSSR count). The first-order valence-electron chi connectivity index (χ1n) is 11.0. The van der Waals surface area contributed by atoms with Crippen LogP contribution in [0.5, 0.6) is 5.75 Å². The number of imidazole rings is 1. The number of hydrogen-bond acceptors (Lipinski definition) is 3. The number of benzene rings is 2. The highest BCUT2D eigenvalue weighted by molar-refractivity contribution is 5.80. The lowest BCUT2D eigenvalue weighted by Crippen LogP contribution is -2.27. The Hall–Kier alpha value is -2.82. The first kappa shape index (κ1) is 20.5. The van der Waals surface area contributed by atoms with Gasteiger partial charge in [-0.15, -0.1) is 0 Å². The fourth-order valence-electron chi connectivity index (χ4n) is 3.72. The highest BCUT2D eigenvalue weighted by Gasteiger charge is 2.29. The largest absolute Gasteiger partial charge is 0.494 e. The number of para-hydroxylation sites is 2. The Morgan fingerprint density at radius 1 is 1.13 bits per heavy atom. The van der Waals surface area contributed by atoms with Crippen molar-refractivity contribution in [3.8, 4) is 5.75 Å². The van der Waals surface area contributed by atoms with Gasteiger partial charge in [-0.2, -0.15) is 0 Å². The third-order valence-corrected chi connectivity index (χ3v) is 5.85. The van der Waals surface area contributed by atoms with E-state index in [1.807, 2.05) is 12.1 Å². The molecule has 5 nitrogen and oxygen atoms in total. The van der Waals surface area contributed by atoms with E-state index in [1.54, 1.807) is 0 Å². The van der Waals surface area contributed by atoms with Crippen molar-refractivity contribution in [2.45, 2.75) is 52.5 Å². The summed E-state index contributed by atoms with van der Waals surface area (Å²) in [6.45, 7) is 6.49. The zero-order chi connectivity index (χ0) is 20.9. The lowest BCUT2D eigenvalue weighted by Gasteiger charge is -2.11. The number of aromatic nitrogens is 2. The lowest BCUT2D eigenvalue weighted by atomic mass is 10.1. The van der Waals surface area contributed by atoms with E-state index in [4.69, 9.17) is 9.72 Å². The van der Waals surface area contributed by atoms with E-state index >= 15 is 0 Å². The minimum atomic E-state index is 0.196. The quantitative estimate of drug-likeness (QED) is 0.502. The predicted molar refractivity (Wildman–Crippen MR) is 120 cm³/mol. The molecule has 0 aliphatic heterocycles. The molecule has 1 aliphatic rings. The average Bonchev–Trinajstić information content (AvgIpc) is 3.54. The molecular weight excluding hydrogens is 374 g/mol. The molecule has 1 fully saturated rings. The maximum absolute atomic E-state index is 11.9. The number of carbonyl (C=O) groups excluding carboxylic acids is 1. The first-order valence-corrected chi connectivity index (χ1v) is 11.0. The molecule has 0 radical (unpaired) electrons. The van der Waals surface area contributed by atoms with E-state index in [2.05, 4.69) is 54.1 Å². The van der Waals surface area contributed by atoms with Crippen molar-refractivity contribution in [2.24, 2.45) is 5.92 Å². The van der Waals surface area contributed by atoms with Crippen LogP contribution >= 0.6 is 0 Å². The number of carbonyl (C=O) groups is 1.